The molecule has 1 saturated carbocycles. The average Bonchev–Trinajstić information content (AvgIpc) is 2.44. The van der Waals surface area contributed by atoms with Crippen LogP contribution in [-0.2, 0) is 6.42 Å². The summed E-state index contributed by atoms with van der Waals surface area (Å²) in [7, 11) is 0. The Kier molecular flexibility index (Phi) is 5.23. The zero-order valence-electron chi connectivity index (χ0n) is 13.1. The number of allylic oxidation sites excluding steroid dienone is 2. The van der Waals surface area contributed by atoms with E-state index in [2.05, 4.69) is 51.3 Å². The first kappa shape index (κ1) is 15.1. The Morgan fingerprint density at radius 3 is 2.30 bits per heavy atom. The first-order valence-electron chi connectivity index (χ1n) is 7.94. The van der Waals surface area contributed by atoms with Gasteiger partial charge in [0.15, 0.2) is 0 Å². The first-order valence-corrected chi connectivity index (χ1v) is 7.94. The first-order chi connectivity index (χ1) is 9.60. The molecule has 1 aromatic carbocycles. The van der Waals surface area contributed by atoms with Gasteiger partial charge in [0.05, 0.1) is 0 Å². The Morgan fingerprint density at radius 1 is 1.15 bits per heavy atom. The van der Waals surface area contributed by atoms with Crippen LogP contribution in [0, 0.1) is 25.7 Å². The fraction of sp³-hybridized carbons (Fsp3) is 0.500. The van der Waals surface area contributed by atoms with Gasteiger partial charge in [-0.15, -0.1) is 6.58 Å². The third-order valence-corrected chi connectivity index (χ3v) is 4.87. The molecule has 0 atom stereocenters. The molecule has 0 radical (unpaired) electrons. The van der Waals surface area contributed by atoms with E-state index in [-0.39, 0.29) is 0 Å². The second kappa shape index (κ2) is 6.92. The zero-order valence-corrected chi connectivity index (χ0v) is 13.1. The van der Waals surface area contributed by atoms with Crippen molar-refractivity contribution in [2.24, 2.45) is 11.8 Å². The number of hydrogen-bond donors (Lipinski definition) is 0. The summed E-state index contributed by atoms with van der Waals surface area (Å²) >= 11 is 0. The molecule has 0 aliphatic heterocycles. The second-order valence-electron chi connectivity index (χ2n) is 6.52. The maximum atomic E-state index is 4.35. The van der Waals surface area contributed by atoms with E-state index >= 15 is 0 Å². The van der Waals surface area contributed by atoms with Crippen LogP contribution in [-0.4, -0.2) is 0 Å². The van der Waals surface area contributed by atoms with Crippen molar-refractivity contribution < 1.29 is 0 Å². The van der Waals surface area contributed by atoms with Crippen molar-refractivity contribution in [2.75, 3.05) is 0 Å². The summed E-state index contributed by atoms with van der Waals surface area (Å²) in [5, 5.41) is 0. The van der Waals surface area contributed by atoms with Gasteiger partial charge in [-0.3, -0.25) is 0 Å². The van der Waals surface area contributed by atoms with Crippen LogP contribution in [0.5, 0.6) is 0 Å². The Morgan fingerprint density at radius 2 is 1.75 bits per heavy atom. The largest absolute Gasteiger partial charge is 0.103 e. The van der Waals surface area contributed by atoms with Gasteiger partial charge in [0, 0.05) is 0 Å². The summed E-state index contributed by atoms with van der Waals surface area (Å²) in [6.45, 7) is 12.7. The van der Waals surface area contributed by atoms with E-state index in [4.69, 9.17) is 0 Å². The van der Waals surface area contributed by atoms with Crippen molar-refractivity contribution in [3.63, 3.8) is 0 Å². The fourth-order valence-electron chi connectivity index (χ4n) is 3.49. The Hall–Kier alpha value is -1.30. The van der Waals surface area contributed by atoms with Gasteiger partial charge in [-0.2, -0.15) is 0 Å². The van der Waals surface area contributed by atoms with Gasteiger partial charge in [-0.05, 0) is 80.9 Å². The SMILES string of the molecule is C=CC1CCC(CC(=C)Cc2c(C)cccc2C)CC1. The smallest absolute Gasteiger partial charge is 0.00645 e. The molecular weight excluding hydrogens is 240 g/mol. The molecular formula is C20H28. The molecule has 0 spiro atoms. The summed E-state index contributed by atoms with van der Waals surface area (Å²) in [4.78, 5) is 0. The quantitative estimate of drug-likeness (QED) is 0.593. The minimum atomic E-state index is 0.762. The molecule has 0 heterocycles. The highest BCUT2D eigenvalue weighted by Gasteiger charge is 2.20. The summed E-state index contributed by atoms with van der Waals surface area (Å²) < 4.78 is 0. The maximum absolute atomic E-state index is 4.35. The highest BCUT2D eigenvalue weighted by molar-refractivity contribution is 5.36. The topological polar surface area (TPSA) is 0 Å². The van der Waals surface area contributed by atoms with Crippen molar-refractivity contribution in [2.45, 2.75) is 52.4 Å². The van der Waals surface area contributed by atoms with Gasteiger partial charge in [0.2, 0.25) is 0 Å². The Balaban J connectivity index is 1.88. The number of benzene rings is 1. The number of rotatable bonds is 5. The highest BCUT2D eigenvalue weighted by Crippen LogP contribution is 2.33. The Bertz CT molecular complexity index is 453. The molecule has 108 valence electrons. The summed E-state index contributed by atoms with van der Waals surface area (Å²) in [6, 6.07) is 6.57. The normalized spacial score (nSPS) is 22.5. The maximum Gasteiger partial charge on any atom is -0.00645 e. The van der Waals surface area contributed by atoms with E-state index in [9.17, 15) is 0 Å². The summed E-state index contributed by atoms with van der Waals surface area (Å²) in [5.74, 6) is 1.61. The molecule has 1 aliphatic carbocycles. The molecule has 0 saturated heterocycles. The molecule has 0 unspecified atom stereocenters. The van der Waals surface area contributed by atoms with E-state index in [0.29, 0.717) is 0 Å². The van der Waals surface area contributed by atoms with Gasteiger partial charge in [-0.25, -0.2) is 0 Å². The summed E-state index contributed by atoms with van der Waals surface area (Å²) in [5.41, 5.74) is 5.70. The predicted molar refractivity (Wildman–Crippen MR) is 89.0 cm³/mol. The lowest BCUT2D eigenvalue weighted by Gasteiger charge is -2.27. The molecule has 0 amide bonds. The van der Waals surface area contributed by atoms with Gasteiger partial charge >= 0.3 is 0 Å². The third-order valence-electron chi connectivity index (χ3n) is 4.87. The van der Waals surface area contributed by atoms with E-state index in [1.165, 1.54) is 54.4 Å². The molecule has 0 heteroatoms. The van der Waals surface area contributed by atoms with Crippen LogP contribution in [0.2, 0.25) is 0 Å². The molecule has 2 rings (SSSR count). The highest BCUT2D eigenvalue weighted by atomic mass is 14.2. The van der Waals surface area contributed by atoms with Crippen LogP contribution in [0.1, 0.15) is 48.8 Å². The minimum absolute atomic E-state index is 0.762. The van der Waals surface area contributed by atoms with Crippen molar-refractivity contribution in [3.05, 3.63) is 59.7 Å². The van der Waals surface area contributed by atoms with E-state index < -0.39 is 0 Å². The van der Waals surface area contributed by atoms with Crippen molar-refractivity contribution in [1.29, 1.82) is 0 Å². The van der Waals surface area contributed by atoms with E-state index in [1.807, 2.05) is 0 Å². The monoisotopic (exact) mass is 268 g/mol. The van der Waals surface area contributed by atoms with E-state index in [1.54, 1.807) is 0 Å². The molecule has 1 fully saturated rings. The molecule has 1 aliphatic rings. The lowest BCUT2D eigenvalue weighted by Crippen LogP contribution is -2.14. The second-order valence-corrected chi connectivity index (χ2v) is 6.52. The van der Waals surface area contributed by atoms with Crippen molar-refractivity contribution in [1.82, 2.24) is 0 Å². The molecule has 0 nitrogen and oxygen atoms in total. The zero-order chi connectivity index (χ0) is 14.5. The molecule has 1 aromatic rings. The number of aryl methyl sites for hydroxylation is 2. The Labute approximate surface area is 124 Å². The van der Waals surface area contributed by atoms with Gasteiger partial charge < -0.3 is 0 Å². The summed E-state index contributed by atoms with van der Waals surface area (Å²) in [6.07, 6.45) is 9.75. The molecule has 0 aromatic heterocycles. The van der Waals surface area contributed by atoms with Crippen LogP contribution in [0.4, 0.5) is 0 Å². The van der Waals surface area contributed by atoms with Crippen LogP contribution in [0.25, 0.3) is 0 Å². The molecule has 0 N–H and O–H groups in total. The molecule has 20 heavy (non-hydrogen) atoms. The van der Waals surface area contributed by atoms with Gasteiger partial charge in [-0.1, -0.05) is 36.4 Å². The standard InChI is InChI=1S/C20H28/c1-5-18-9-11-19(12-10-18)13-15(2)14-20-16(3)7-6-8-17(20)4/h5-8,18-19H,1-2,9-14H2,3-4H3. The van der Waals surface area contributed by atoms with Crippen LogP contribution in [0.3, 0.4) is 0 Å². The van der Waals surface area contributed by atoms with Crippen LogP contribution >= 0.6 is 0 Å². The lowest BCUT2D eigenvalue weighted by atomic mass is 9.78. The molecule has 0 bridgehead atoms. The fourth-order valence-corrected chi connectivity index (χ4v) is 3.49. The predicted octanol–water partition coefficient (Wildman–Crippen LogP) is 5.78. The van der Waals surface area contributed by atoms with Crippen molar-refractivity contribution >= 4 is 0 Å². The number of hydrogen-bond acceptors (Lipinski definition) is 0. The van der Waals surface area contributed by atoms with Gasteiger partial charge in [0.1, 0.15) is 0 Å². The van der Waals surface area contributed by atoms with Gasteiger partial charge in [0.25, 0.3) is 0 Å². The van der Waals surface area contributed by atoms with Crippen LogP contribution < -0.4 is 0 Å². The average molecular weight is 268 g/mol. The lowest BCUT2D eigenvalue weighted by molar-refractivity contribution is 0.308. The minimum Gasteiger partial charge on any atom is -0.103 e. The van der Waals surface area contributed by atoms with Crippen LogP contribution in [0.15, 0.2) is 43.0 Å². The van der Waals surface area contributed by atoms with Crippen molar-refractivity contribution in [3.8, 4) is 0 Å². The third kappa shape index (κ3) is 3.85. The van der Waals surface area contributed by atoms with E-state index in [0.717, 1.165) is 18.3 Å².